The second-order valence-electron chi connectivity index (χ2n) is 9.11. The van der Waals surface area contributed by atoms with Crippen molar-refractivity contribution in [2.75, 3.05) is 10.2 Å². The van der Waals surface area contributed by atoms with Gasteiger partial charge in [0.1, 0.15) is 0 Å². The van der Waals surface area contributed by atoms with Crippen LogP contribution in [-0.2, 0) is 4.79 Å². The van der Waals surface area contributed by atoms with E-state index in [2.05, 4.69) is 70.1 Å². The third-order valence-corrected chi connectivity index (χ3v) is 7.20. The van der Waals surface area contributed by atoms with E-state index in [1.165, 1.54) is 29.4 Å². The fourth-order valence-corrected chi connectivity index (χ4v) is 5.59. The van der Waals surface area contributed by atoms with Gasteiger partial charge in [-0.3, -0.25) is 9.78 Å². The molecule has 1 aliphatic heterocycles. The minimum Gasteiger partial charge on any atom is -0.351 e. The predicted molar refractivity (Wildman–Crippen MR) is 149 cm³/mol. The Balaban J connectivity index is 1.67. The van der Waals surface area contributed by atoms with Gasteiger partial charge in [0, 0.05) is 47.1 Å². The molecule has 0 bridgehead atoms. The first-order chi connectivity index (χ1) is 17.4. The third kappa shape index (κ3) is 4.16. The number of hydrogen-bond donors (Lipinski definition) is 2. The Hall–Kier alpha value is -3.97. The van der Waals surface area contributed by atoms with E-state index in [4.69, 9.17) is 12.2 Å². The molecule has 6 nitrogen and oxygen atoms in total. The summed E-state index contributed by atoms with van der Waals surface area (Å²) >= 11 is 5.91. The summed E-state index contributed by atoms with van der Waals surface area (Å²) in [5.41, 5.74) is 8.61. The second kappa shape index (κ2) is 9.59. The average molecular weight is 496 g/mol. The molecule has 0 unspecified atom stereocenters. The highest BCUT2D eigenvalue weighted by Gasteiger charge is 2.43. The van der Waals surface area contributed by atoms with Gasteiger partial charge in [-0.05, 0) is 87.1 Å². The summed E-state index contributed by atoms with van der Waals surface area (Å²) in [7, 11) is 0. The SMILES string of the molecule is CC(=O)Nc1ccc(N2C(=S)N[C@@H](c3ccccn3)[C@@H]2c2c(C)c(C)n(-c3ccccc3)c2C)cc1. The highest BCUT2D eigenvalue weighted by molar-refractivity contribution is 7.80. The number of benzene rings is 2. The number of rotatable bonds is 5. The summed E-state index contributed by atoms with van der Waals surface area (Å²) in [5, 5.41) is 7.04. The van der Waals surface area contributed by atoms with Gasteiger partial charge in [0.2, 0.25) is 5.91 Å². The van der Waals surface area contributed by atoms with Crippen LogP contribution in [-0.4, -0.2) is 20.6 Å². The van der Waals surface area contributed by atoms with Crippen molar-refractivity contribution in [3.63, 3.8) is 0 Å². The van der Waals surface area contributed by atoms with Crippen LogP contribution < -0.4 is 15.5 Å². The smallest absolute Gasteiger partial charge is 0.221 e. The van der Waals surface area contributed by atoms with Crippen molar-refractivity contribution in [2.45, 2.75) is 39.8 Å². The van der Waals surface area contributed by atoms with Gasteiger partial charge in [-0.15, -0.1) is 0 Å². The normalized spacial score (nSPS) is 17.2. The quantitative estimate of drug-likeness (QED) is 0.336. The first kappa shape index (κ1) is 23.8. The van der Waals surface area contributed by atoms with Crippen molar-refractivity contribution in [3.8, 4) is 5.69 Å². The minimum atomic E-state index is -0.128. The largest absolute Gasteiger partial charge is 0.351 e. The maximum atomic E-state index is 11.5. The average Bonchev–Trinajstić information content (AvgIpc) is 3.32. The zero-order chi connectivity index (χ0) is 25.4. The van der Waals surface area contributed by atoms with Crippen molar-refractivity contribution in [1.82, 2.24) is 14.9 Å². The predicted octanol–water partition coefficient (Wildman–Crippen LogP) is 5.93. The lowest BCUT2D eigenvalue weighted by Crippen LogP contribution is -2.29. The number of para-hydroxylation sites is 1. The van der Waals surface area contributed by atoms with Crippen molar-refractivity contribution >= 4 is 34.6 Å². The van der Waals surface area contributed by atoms with E-state index in [0.29, 0.717) is 5.11 Å². The van der Waals surface area contributed by atoms with Crippen LogP contribution in [0.15, 0.2) is 79.0 Å². The van der Waals surface area contributed by atoms with Gasteiger partial charge in [0.15, 0.2) is 5.11 Å². The molecule has 4 aromatic rings. The van der Waals surface area contributed by atoms with Gasteiger partial charge >= 0.3 is 0 Å². The summed E-state index contributed by atoms with van der Waals surface area (Å²) in [6.45, 7) is 8.04. The lowest BCUT2D eigenvalue weighted by molar-refractivity contribution is -0.114. The van der Waals surface area contributed by atoms with E-state index in [1.54, 1.807) is 0 Å². The molecule has 2 N–H and O–H groups in total. The molecule has 0 aliphatic carbocycles. The Kier molecular flexibility index (Phi) is 6.33. The number of hydrogen-bond acceptors (Lipinski definition) is 3. The van der Waals surface area contributed by atoms with Crippen molar-refractivity contribution in [3.05, 3.63) is 107 Å². The van der Waals surface area contributed by atoms with Crippen LogP contribution in [0.2, 0.25) is 0 Å². The lowest BCUT2D eigenvalue weighted by Gasteiger charge is -2.29. The second-order valence-corrected chi connectivity index (χ2v) is 9.49. The van der Waals surface area contributed by atoms with Crippen LogP contribution in [0, 0.1) is 20.8 Å². The number of anilines is 2. The first-order valence-corrected chi connectivity index (χ1v) is 12.4. The van der Waals surface area contributed by atoms with E-state index in [-0.39, 0.29) is 18.0 Å². The molecule has 182 valence electrons. The van der Waals surface area contributed by atoms with Gasteiger partial charge in [0.25, 0.3) is 0 Å². The van der Waals surface area contributed by atoms with E-state index in [1.807, 2.05) is 54.7 Å². The number of nitrogens with one attached hydrogen (secondary N) is 2. The third-order valence-electron chi connectivity index (χ3n) is 6.88. The summed E-state index contributed by atoms with van der Waals surface area (Å²) in [4.78, 5) is 18.4. The van der Waals surface area contributed by atoms with Crippen LogP contribution in [0.5, 0.6) is 0 Å². The summed E-state index contributed by atoms with van der Waals surface area (Å²) in [5.74, 6) is -0.0989. The van der Waals surface area contributed by atoms with Gasteiger partial charge in [-0.2, -0.15) is 0 Å². The van der Waals surface area contributed by atoms with E-state index >= 15 is 0 Å². The van der Waals surface area contributed by atoms with Gasteiger partial charge < -0.3 is 20.1 Å². The number of carbonyl (C=O) groups is 1. The maximum absolute atomic E-state index is 11.5. The van der Waals surface area contributed by atoms with Crippen molar-refractivity contribution in [1.29, 1.82) is 0 Å². The Bertz CT molecular complexity index is 1410. The zero-order valence-corrected chi connectivity index (χ0v) is 21.6. The highest BCUT2D eigenvalue weighted by Crippen LogP contribution is 2.45. The Morgan fingerprint density at radius 3 is 2.25 bits per heavy atom. The van der Waals surface area contributed by atoms with Gasteiger partial charge in [-0.25, -0.2) is 0 Å². The van der Waals surface area contributed by atoms with E-state index in [0.717, 1.165) is 22.8 Å². The van der Waals surface area contributed by atoms with E-state index < -0.39 is 0 Å². The van der Waals surface area contributed by atoms with Crippen LogP contribution in [0.3, 0.4) is 0 Å². The number of aromatic nitrogens is 2. The Morgan fingerprint density at radius 1 is 0.917 bits per heavy atom. The molecule has 2 aromatic heterocycles. The first-order valence-electron chi connectivity index (χ1n) is 12.0. The topological polar surface area (TPSA) is 62.2 Å². The van der Waals surface area contributed by atoms with Crippen LogP contribution >= 0.6 is 12.2 Å². The molecular formula is C29H29N5OS. The molecule has 2 atom stereocenters. The molecule has 1 amide bonds. The number of nitrogens with zero attached hydrogens (tertiary/aromatic N) is 3. The van der Waals surface area contributed by atoms with Gasteiger partial charge in [0.05, 0.1) is 17.8 Å². The molecule has 0 radical (unpaired) electrons. The van der Waals surface area contributed by atoms with Crippen LogP contribution in [0.25, 0.3) is 5.69 Å². The molecular weight excluding hydrogens is 466 g/mol. The Labute approximate surface area is 217 Å². The summed E-state index contributed by atoms with van der Waals surface area (Å²) < 4.78 is 2.32. The monoisotopic (exact) mass is 495 g/mol. The lowest BCUT2D eigenvalue weighted by atomic mass is 9.93. The van der Waals surface area contributed by atoms with Crippen molar-refractivity contribution in [2.24, 2.45) is 0 Å². The molecule has 3 heterocycles. The number of thiocarbonyl (C=S) groups is 1. The zero-order valence-electron chi connectivity index (χ0n) is 20.8. The molecule has 1 aliphatic rings. The fourth-order valence-electron chi connectivity index (χ4n) is 5.24. The molecule has 36 heavy (non-hydrogen) atoms. The fraction of sp³-hybridized carbons (Fsp3) is 0.207. The maximum Gasteiger partial charge on any atom is 0.221 e. The molecule has 1 fully saturated rings. The van der Waals surface area contributed by atoms with Crippen LogP contribution in [0.1, 0.15) is 47.2 Å². The van der Waals surface area contributed by atoms with Gasteiger partial charge in [-0.1, -0.05) is 24.3 Å². The number of amides is 1. The number of pyridine rings is 1. The summed E-state index contributed by atoms with van der Waals surface area (Å²) in [6.07, 6.45) is 1.82. The standard InChI is InChI=1S/C29H29N5OS/c1-18-19(2)33(23-10-6-5-7-11-23)20(3)26(18)28-27(25-12-8-9-17-30-25)32-29(36)34(28)24-15-13-22(14-16-24)31-21(4)35/h5-17,27-28H,1-4H3,(H,31,35)(H,32,36)/t27-,28-/m0/s1. The molecule has 0 saturated carbocycles. The highest BCUT2D eigenvalue weighted by atomic mass is 32.1. The molecule has 7 heteroatoms. The molecule has 2 aromatic carbocycles. The molecule has 0 spiro atoms. The van der Waals surface area contributed by atoms with E-state index in [9.17, 15) is 4.79 Å². The number of carbonyl (C=O) groups excluding carboxylic acids is 1. The van der Waals surface area contributed by atoms with Crippen LogP contribution in [0.4, 0.5) is 11.4 Å². The van der Waals surface area contributed by atoms with Crippen molar-refractivity contribution < 1.29 is 4.79 Å². The summed E-state index contributed by atoms with van der Waals surface area (Å²) in [6, 6.07) is 24.0. The minimum absolute atomic E-state index is 0.0989. The Morgan fingerprint density at radius 2 is 1.61 bits per heavy atom. The molecule has 1 saturated heterocycles. The molecule has 5 rings (SSSR count).